The number of amides is 1. The van der Waals surface area contributed by atoms with Crippen LogP contribution in [0.1, 0.15) is 39.3 Å². The molecule has 1 amide bonds. The molecule has 0 aliphatic heterocycles. The highest BCUT2D eigenvalue weighted by atomic mass is 19.1. The van der Waals surface area contributed by atoms with Gasteiger partial charge in [-0.25, -0.2) is 9.18 Å². The Morgan fingerprint density at radius 1 is 1.44 bits per heavy atom. The predicted molar refractivity (Wildman–Crippen MR) is 68.9 cm³/mol. The zero-order valence-electron chi connectivity index (χ0n) is 11.1. The molecule has 1 atom stereocenters. The molecule has 0 unspecified atom stereocenters. The highest BCUT2D eigenvalue weighted by molar-refractivity contribution is 5.85. The summed E-state index contributed by atoms with van der Waals surface area (Å²) >= 11 is 0. The van der Waals surface area contributed by atoms with Crippen LogP contribution in [0.2, 0.25) is 0 Å². The Kier molecular flexibility index (Phi) is 4.29. The van der Waals surface area contributed by atoms with Gasteiger partial charge in [-0.2, -0.15) is 0 Å². The molecule has 5 heteroatoms. The summed E-state index contributed by atoms with van der Waals surface area (Å²) in [6.07, 6.45) is -0.579. The number of carbonyl (C=O) groups is 1. The van der Waals surface area contributed by atoms with Gasteiger partial charge in [0.15, 0.2) is 0 Å². The Morgan fingerprint density at radius 3 is 2.56 bits per heavy atom. The fourth-order valence-corrected chi connectivity index (χ4v) is 1.39. The summed E-state index contributed by atoms with van der Waals surface area (Å²) in [4.78, 5) is 11.5. The molecule has 0 fully saturated rings. The Labute approximate surface area is 106 Å². The first kappa shape index (κ1) is 14.4. The van der Waals surface area contributed by atoms with Gasteiger partial charge >= 0.3 is 6.09 Å². The number of carbonyl (C=O) groups excluding carboxylic acids is 1. The lowest BCUT2D eigenvalue weighted by Crippen LogP contribution is -2.27. The topological polar surface area (TPSA) is 64.3 Å². The number of rotatable bonds is 2. The number of anilines is 1. The fraction of sp³-hybridized carbons (Fsp3) is 0.462. The summed E-state index contributed by atoms with van der Waals surface area (Å²) in [6, 6.07) is 3.80. The van der Waals surface area contributed by atoms with Gasteiger partial charge < -0.3 is 10.5 Å². The van der Waals surface area contributed by atoms with Crippen LogP contribution in [0.15, 0.2) is 18.2 Å². The Hall–Kier alpha value is -1.62. The van der Waals surface area contributed by atoms with Crippen molar-refractivity contribution in [3.8, 4) is 0 Å². The average Bonchev–Trinajstić information content (AvgIpc) is 2.17. The summed E-state index contributed by atoms with van der Waals surface area (Å²) in [5.74, 6) is -0.389. The van der Waals surface area contributed by atoms with Crippen LogP contribution in [0.25, 0.3) is 0 Å². The van der Waals surface area contributed by atoms with Gasteiger partial charge in [-0.05, 0) is 45.9 Å². The average molecular weight is 254 g/mol. The Morgan fingerprint density at radius 2 is 2.06 bits per heavy atom. The predicted octanol–water partition coefficient (Wildman–Crippen LogP) is 3.19. The molecule has 0 spiro atoms. The van der Waals surface area contributed by atoms with Crippen molar-refractivity contribution in [3.05, 3.63) is 29.6 Å². The normalized spacial score (nSPS) is 13.0. The number of nitrogens with two attached hydrogens (primary N) is 1. The number of ether oxygens (including phenoxy) is 1. The molecular formula is C13H19FN2O2. The molecule has 0 saturated heterocycles. The summed E-state index contributed by atoms with van der Waals surface area (Å²) in [6.45, 7) is 6.98. The van der Waals surface area contributed by atoms with Gasteiger partial charge in [0.05, 0.1) is 0 Å². The van der Waals surface area contributed by atoms with E-state index in [0.29, 0.717) is 11.3 Å². The smallest absolute Gasteiger partial charge is 0.412 e. The molecule has 1 aromatic carbocycles. The summed E-state index contributed by atoms with van der Waals surface area (Å²) in [7, 11) is 0. The van der Waals surface area contributed by atoms with Crippen molar-refractivity contribution in [1.29, 1.82) is 0 Å². The van der Waals surface area contributed by atoms with E-state index in [-0.39, 0.29) is 5.82 Å². The third-order valence-electron chi connectivity index (χ3n) is 2.13. The maximum absolute atomic E-state index is 13.4. The molecule has 1 aromatic rings. The van der Waals surface area contributed by atoms with Crippen LogP contribution in [0.5, 0.6) is 0 Å². The lowest BCUT2D eigenvalue weighted by molar-refractivity contribution is 0.0636. The molecule has 0 heterocycles. The molecule has 0 saturated carbocycles. The first-order valence-electron chi connectivity index (χ1n) is 5.74. The second-order valence-electron chi connectivity index (χ2n) is 5.15. The van der Waals surface area contributed by atoms with Crippen molar-refractivity contribution >= 4 is 11.8 Å². The number of hydrogen-bond donors (Lipinski definition) is 2. The summed E-state index contributed by atoms with van der Waals surface area (Å²) < 4.78 is 18.5. The Balaban J connectivity index is 2.80. The highest BCUT2D eigenvalue weighted by Crippen LogP contribution is 2.20. The van der Waals surface area contributed by atoms with Gasteiger partial charge in [0.2, 0.25) is 0 Å². The molecule has 0 bridgehead atoms. The van der Waals surface area contributed by atoms with E-state index in [9.17, 15) is 9.18 Å². The van der Waals surface area contributed by atoms with E-state index in [4.69, 9.17) is 10.5 Å². The van der Waals surface area contributed by atoms with Crippen molar-refractivity contribution in [2.75, 3.05) is 5.32 Å². The van der Waals surface area contributed by atoms with Crippen LogP contribution in [0.4, 0.5) is 14.9 Å². The van der Waals surface area contributed by atoms with Crippen LogP contribution in [-0.4, -0.2) is 11.7 Å². The molecule has 4 nitrogen and oxygen atoms in total. The third kappa shape index (κ3) is 4.33. The molecule has 1 rings (SSSR count). The number of nitrogens with one attached hydrogen (secondary N) is 1. The minimum atomic E-state index is -0.579. The van der Waals surface area contributed by atoms with E-state index in [1.807, 2.05) is 0 Å². The molecule has 0 aliphatic rings. The maximum atomic E-state index is 13.4. The molecule has 18 heavy (non-hydrogen) atoms. The van der Waals surface area contributed by atoms with Crippen molar-refractivity contribution in [2.24, 2.45) is 5.73 Å². The Bertz CT molecular complexity index is 439. The van der Waals surface area contributed by atoms with Gasteiger partial charge in [-0.15, -0.1) is 0 Å². The molecule has 0 radical (unpaired) electrons. The molecule has 100 valence electrons. The van der Waals surface area contributed by atoms with Crippen LogP contribution in [0.3, 0.4) is 0 Å². The number of halogens is 1. The van der Waals surface area contributed by atoms with Gasteiger partial charge in [0, 0.05) is 17.3 Å². The van der Waals surface area contributed by atoms with E-state index in [2.05, 4.69) is 5.32 Å². The number of benzene rings is 1. The van der Waals surface area contributed by atoms with Crippen LogP contribution >= 0.6 is 0 Å². The summed E-state index contributed by atoms with van der Waals surface area (Å²) in [5.41, 5.74) is 5.86. The minimum absolute atomic E-state index is 0.351. The third-order valence-corrected chi connectivity index (χ3v) is 2.13. The van der Waals surface area contributed by atoms with Crippen molar-refractivity contribution < 1.29 is 13.9 Å². The largest absolute Gasteiger partial charge is 0.444 e. The molecular weight excluding hydrogens is 235 g/mol. The van der Waals surface area contributed by atoms with E-state index >= 15 is 0 Å². The van der Waals surface area contributed by atoms with Gasteiger partial charge in [-0.3, -0.25) is 5.32 Å². The minimum Gasteiger partial charge on any atom is -0.444 e. The zero-order chi connectivity index (χ0) is 13.9. The van der Waals surface area contributed by atoms with Crippen LogP contribution < -0.4 is 11.1 Å². The van der Waals surface area contributed by atoms with E-state index < -0.39 is 17.7 Å². The standard InChI is InChI=1S/C13H19FN2O2/c1-8(15)10-7-9(5-6-11(10)14)16-12(17)18-13(2,3)4/h5-8H,15H2,1-4H3,(H,16,17)/t8-/m0/s1. The van der Waals surface area contributed by atoms with Gasteiger partial charge in [0.1, 0.15) is 11.4 Å². The highest BCUT2D eigenvalue weighted by Gasteiger charge is 2.17. The van der Waals surface area contributed by atoms with Crippen LogP contribution in [-0.2, 0) is 4.74 Å². The fourth-order valence-electron chi connectivity index (χ4n) is 1.39. The first-order valence-corrected chi connectivity index (χ1v) is 5.74. The van der Waals surface area contributed by atoms with Crippen molar-refractivity contribution in [1.82, 2.24) is 0 Å². The van der Waals surface area contributed by atoms with E-state index in [0.717, 1.165) is 0 Å². The van der Waals surface area contributed by atoms with Crippen molar-refractivity contribution in [3.63, 3.8) is 0 Å². The van der Waals surface area contributed by atoms with Crippen LogP contribution in [0, 0.1) is 5.82 Å². The quantitative estimate of drug-likeness (QED) is 0.851. The van der Waals surface area contributed by atoms with Gasteiger partial charge in [0.25, 0.3) is 0 Å². The second-order valence-corrected chi connectivity index (χ2v) is 5.15. The summed E-state index contributed by atoms with van der Waals surface area (Å²) in [5, 5.41) is 2.54. The second kappa shape index (κ2) is 5.35. The molecule has 3 N–H and O–H groups in total. The molecule has 0 aromatic heterocycles. The van der Waals surface area contributed by atoms with E-state index in [1.54, 1.807) is 27.7 Å². The SMILES string of the molecule is C[C@H](N)c1cc(NC(=O)OC(C)(C)C)ccc1F. The molecule has 0 aliphatic carbocycles. The number of hydrogen-bond acceptors (Lipinski definition) is 3. The first-order chi connectivity index (χ1) is 8.19. The van der Waals surface area contributed by atoms with Gasteiger partial charge in [-0.1, -0.05) is 0 Å². The lowest BCUT2D eigenvalue weighted by Gasteiger charge is -2.20. The van der Waals surface area contributed by atoms with Crippen molar-refractivity contribution in [2.45, 2.75) is 39.3 Å². The van der Waals surface area contributed by atoms with E-state index in [1.165, 1.54) is 18.2 Å². The zero-order valence-corrected chi connectivity index (χ0v) is 11.1. The maximum Gasteiger partial charge on any atom is 0.412 e. The monoisotopic (exact) mass is 254 g/mol. The lowest BCUT2D eigenvalue weighted by atomic mass is 10.1.